The van der Waals surface area contributed by atoms with Gasteiger partial charge in [0.15, 0.2) is 0 Å². The highest BCUT2D eigenvalue weighted by molar-refractivity contribution is 6.04. The molecule has 14 heavy (non-hydrogen) atoms. The number of aliphatic hydroxyl groups is 1. The average molecular weight is 189 g/mol. The number of carbonyl (C=O) groups excluding carboxylic acids is 1. The lowest BCUT2D eigenvalue weighted by Crippen LogP contribution is -2.25. The van der Waals surface area contributed by atoms with E-state index in [4.69, 9.17) is 0 Å². The Morgan fingerprint density at radius 3 is 2.43 bits per heavy atom. The molecule has 0 unspecified atom stereocenters. The fourth-order valence-corrected chi connectivity index (χ4v) is 1.45. The molecule has 72 valence electrons. The second-order valence-electron chi connectivity index (χ2n) is 3.40. The second-order valence-corrected chi connectivity index (χ2v) is 3.40. The first-order valence-corrected chi connectivity index (χ1v) is 4.44. The first kappa shape index (κ1) is 8.81. The molecule has 1 aromatic rings. The van der Waals surface area contributed by atoms with Gasteiger partial charge in [0.2, 0.25) is 0 Å². The van der Waals surface area contributed by atoms with Gasteiger partial charge in [0, 0.05) is 11.8 Å². The van der Waals surface area contributed by atoms with Crippen LogP contribution in [0.5, 0.6) is 0 Å². The third-order valence-corrected chi connectivity index (χ3v) is 2.22. The first-order valence-electron chi connectivity index (χ1n) is 4.44. The first-order chi connectivity index (χ1) is 6.66. The van der Waals surface area contributed by atoms with Crippen LogP contribution in [0, 0.1) is 6.92 Å². The van der Waals surface area contributed by atoms with Crippen molar-refractivity contribution in [3.8, 4) is 0 Å². The molecule has 0 spiro atoms. The summed E-state index contributed by atoms with van der Waals surface area (Å²) in [6.45, 7) is 2.27. The van der Waals surface area contributed by atoms with Crippen molar-refractivity contribution in [2.75, 3.05) is 11.4 Å². The third-order valence-electron chi connectivity index (χ3n) is 2.22. The number of hydrogen-bond donors (Lipinski definition) is 1. The minimum Gasteiger partial charge on any atom is -0.510 e. The van der Waals surface area contributed by atoms with Crippen LogP contribution in [0.15, 0.2) is 36.1 Å². The molecule has 3 nitrogen and oxygen atoms in total. The summed E-state index contributed by atoms with van der Waals surface area (Å²) < 4.78 is 0. The number of benzene rings is 1. The van der Waals surface area contributed by atoms with Crippen molar-refractivity contribution in [2.24, 2.45) is 0 Å². The molecule has 0 aliphatic carbocycles. The van der Waals surface area contributed by atoms with Crippen LogP contribution in [0.3, 0.4) is 0 Å². The zero-order chi connectivity index (χ0) is 10.1. The molecule has 0 radical (unpaired) electrons. The molecule has 0 bridgehead atoms. The molecule has 0 fully saturated rings. The highest BCUT2D eigenvalue weighted by atomic mass is 16.3. The normalized spacial score (nSPS) is 15.9. The highest BCUT2D eigenvalue weighted by Gasteiger charge is 2.21. The van der Waals surface area contributed by atoms with Gasteiger partial charge in [0.1, 0.15) is 5.76 Å². The Morgan fingerprint density at radius 2 is 1.93 bits per heavy atom. The summed E-state index contributed by atoms with van der Waals surface area (Å²) in [4.78, 5) is 12.9. The molecule has 1 amide bonds. The van der Waals surface area contributed by atoms with Crippen LogP contribution in [-0.2, 0) is 4.79 Å². The summed E-state index contributed by atoms with van der Waals surface area (Å²) in [6, 6.07) is 7.63. The summed E-state index contributed by atoms with van der Waals surface area (Å²) in [7, 11) is 0. The van der Waals surface area contributed by atoms with Gasteiger partial charge < -0.3 is 10.0 Å². The van der Waals surface area contributed by atoms with Crippen LogP contribution in [0.1, 0.15) is 5.56 Å². The predicted octanol–water partition coefficient (Wildman–Crippen LogP) is 1.78. The van der Waals surface area contributed by atoms with Crippen LogP contribution in [0.2, 0.25) is 0 Å². The smallest absolute Gasteiger partial charge is 0.254 e. The van der Waals surface area contributed by atoms with Crippen LogP contribution >= 0.6 is 0 Å². The number of aryl methyl sites for hydroxylation is 1. The molecular weight excluding hydrogens is 178 g/mol. The fraction of sp³-hybridized carbons (Fsp3) is 0.182. The van der Waals surface area contributed by atoms with E-state index in [1.807, 2.05) is 31.2 Å². The van der Waals surface area contributed by atoms with Crippen LogP contribution in [0.25, 0.3) is 0 Å². The third kappa shape index (κ3) is 1.48. The maximum absolute atomic E-state index is 11.4. The average Bonchev–Trinajstić information content (AvgIpc) is 2.47. The van der Waals surface area contributed by atoms with E-state index in [9.17, 15) is 9.90 Å². The lowest BCUT2D eigenvalue weighted by Gasteiger charge is -2.15. The van der Waals surface area contributed by atoms with Gasteiger partial charge in [-0.05, 0) is 19.1 Å². The highest BCUT2D eigenvalue weighted by Crippen LogP contribution is 2.20. The van der Waals surface area contributed by atoms with Gasteiger partial charge in [-0.3, -0.25) is 4.79 Å². The van der Waals surface area contributed by atoms with Crippen molar-refractivity contribution in [2.45, 2.75) is 6.92 Å². The van der Waals surface area contributed by atoms with Gasteiger partial charge in [-0.25, -0.2) is 0 Å². The number of aliphatic hydroxyl groups excluding tert-OH is 1. The van der Waals surface area contributed by atoms with Crippen molar-refractivity contribution >= 4 is 11.6 Å². The van der Waals surface area contributed by atoms with Gasteiger partial charge in [0.25, 0.3) is 5.91 Å². The van der Waals surface area contributed by atoms with Gasteiger partial charge in [-0.2, -0.15) is 0 Å². The molecule has 0 aromatic heterocycles. The zero-order valence-corrected chi connectivity index (χ0v) is 7.90. The SMILES string of the molecule is Cc1ccc(N2CC(O)=CC2=O)cc1. The molecule has 1 heterocycles. The van der Waals surface area contributed by atoms with E-state index in [0.717, 1.165) is 11.3 Å². The standard InChI is InChI=1S/C11H11NO2/c1-8-2-4-9(5-3-8)12-7-10(13)6-11(12)14/h2-6,13H,7H2,1H3. The van der Waals surface area contributed by atoms with E-state index in [1.54, 1.807) is 0 Å². The molecule has 2 rings (SSSR count). The number of amides is 1. The molecule has 3 heteroatoms. The minimum atomic E-state index is -0.161. The van der Waals surface area contributed by atoms with Crippen LogP contribution < -0.4 is 4.90 Å². The molecule has 0 atom stereocenters. The van der Waals surface area contributed by atoms with E-state index in [2.05, 4.69) is 0 Å². The van der Waals surface area contributed by atoms with E-state index < -0.39 is 0 Å². The number of carbonyl (C=O) groups is 1. The predicted molar refractivity (Wildman–Crippen MR) is 54.2 cm³/mol. The van der Waals surface area contributed by atoms with Crippen molar-refractivity contribution in [3.63, 3.8) is 0 Å². The quantitative estimate of drug-likeness (QED) is 0.731. The lowest BCUT2D eigenvalue weighted by molar-refractivity contribution is -0.113. The largest absolute Gasteiger partial charge is 0.510 e. The monoisotopic (exact) mass is 189 g/mol. The molecule has 0 saturated carbocycles. The molecule has 1 aliphatic rings. The van der Waals surface area contributed by atoms with Crippen molar-refractivity contribution in [3.05, 3.63) is 41.7 Å². The van der Waals surface area contributed by atoms with Gasteiger partial charge in [-0.1, -0.05) is 17.7 Å². The zero-order valence-electron chi connectivity index (χ0n) is 7.90. The Balaban J connectivity index is 2.26. The fourth-order valence-electron chi connectivity index (χ4n) is 1.45. The summed E-state index contributed by atoms with van der Waals surface area (Å²) in [5, 5.41) is 9.18. The van der Waals surface area contributed by atoms with Crippen LogP contribution in [-0.4, -0.2) is 17.6 Å². The summed E-state index contributed by atoms with van der Waals surface area (Å²) >= 11 is 0. The lowest BCUT2D eigenvalue weighted by atomic mass is 10.2. The molecule has 0 saturated heterocycles. The summed E-state index contributed by atoms with van der Waals surface area (Å²) in [5.41, 5.74) is 1.97. The van der Waals surface area contributed by atoms with Crippen molar-refractivity contribution in [1.82, 2.24) is 0 Å². The number of nitrogens with zero attached hydrogens (tertiary/aromatic N) is 1. The topological polar surface area (TPSA) is 40.5 Å². The van der Waals surface area contributed by atoms with E-state index >= 15 is 0 Å². The molecule has 1 N–H and O–H groups in total. The van der Waals surface area contributed by atoms with Crippen LogP contribution in [0.4, 0.5) is 5.69 Å². The van der Waals surface area contributed by atoms with Crippen molar-refractivity contribution in [1.29, 1.82) is 0 Å². The minimum absolute atomic E-state index is 0.121. The molecule has 1 aliphatic heterocycles. The maximum atomic E-state index is 11.4. The van der Waals surface area contributed by atoms with Gasteiger partial charge in [-0.15, -0.1) is 0 Å². The van der Waals surface area contributed by atoms with Crippen molar-refractivity contribution < 1.29 is 9.90 Å². The number of hydrogen-bond acceptors (Lipinski definition) is 2. The Hall–Kier alpha value is -1.77. The number of rotatable bonds is 1. The summed E-state index contributed by atoms with van der Waals surface area (Å²) in [6.07, 6.45) is 1.25. The molecular formula is C11H11NO2. The number of anilines is 1. The Labute approximate surface area is 82.3 Å². The Morgan fingerprint density at radius 1 is 1.29 bits per heavy atom. The second kappa shape index (κ2) is 3.18. The Kier molecular flexibility index (Phi) is 2.00. The van der Waals surface area contributed by atoms with E-state index in [0.29, 0.717) is 0 Å². The van der Waals surface area contributed by atoms with Gasteiger partial charge in [0.05, 0.1) is 6.54 Å². The molecule has 1 aromatic carbocycles. The van der Waals surface area contributed by atoms with E-state index in [1.165, 1.54) is 11.0 Å². The Bertz CT molecular complexity index is 392. The van der Waals surface area contributed by atoms with Gasteiger partial charge >= 0.3 is 0 Å². The maximum Gasteiger partial charge on any atom is 0.254 e. The van der Waals surface area contributed by atoms with E-state index in [-0.39, 0.29) is 18.2 Å². The summed E-state index contributed by atoms with van der Waals surface area (Å²) in [5.74, 6) is -0.0399.